The van der Waals surface area contributed by atoms with Crippen LogP contribution in [0, 0.1) is 0 Å². The van der Waals surface area contributed by atoms with E-state index in [1.165, 1.54) is 0 Å². The average molecular weight is 241 g/mol. The lowest BCUT2D eigenvalue weighted by molar-refractivity contribution is 0.0980. The summed E-state index contributed by atoms with van der Waals surface area (Å²) in [5.41, 5.74) is 1.55. The van der Waals surface area contributed by atoms with Gasteiger partial charge >= 0.3 is 0 Å². The maximum atomic E-state index is 11.8. The minimum atomic E-state index is 0.146. The molecule has 0 saturated heterocycles. The van der Waals surface area contributed by atoms with Gasteiger partial charge < -0.3 is 0 Å². The Morgan fingerprint density at radius 2 is 1.87 bits per heavy atom. The average Bonchev–Trinajstić information content (AvgIpc) is 2.19. The van der Waals surface area contributed by atoms with Crippen LogP contribution < -0.4 is 0 Å². The molecule has 1 aliphatic carbocycles. The molecule has 0 spiro atoms. The second-order valence-corrected chi connectivity index (χ2v) is 4.39. The molecule has 0 aliphatic heterocycles. The lowest BCUT2D eigenvalue weighted by Gasteiger charge is -2.09. The molecule has 3 heteroatoms. The van der Waals surface area contributed by atoms with Crippen molar-refractivity contribution < 1.29 is 4.79 Å². The van der Waals surface area contributed by atoms with E-state index in [9.17, 15) is 4.79 Å². The molecule has 0 N–H and O–H groups in total. The molecule has 0 atom stereocenters. The van der Waals surface area contributed by atoms with E-state index in [2.05, 4.69) is 6.08 Å². The molecule has 0 amide bonds. The van der Waals surface area contributed by atoms with Gasteiger partial charge in [-0.25, -0.2) is 0 Å². The standard InChI is InChI=1S/C12H10Cl2O/c13-10-6-8-4-2-1-3-5-12(15)9(8)7-11(10)14/h2,4,6-7H,1,3,5H2/b4-2-. The predicted molar refractivity (Wildman–Crippen MR) is 63.7 cm³/mol. The number of carbonyl (C=O) groups excluding carboxylic acids is 1. The summed E-state index contributed by atoms with van der Waals surface area (Å²) < 4.78 is 0. The van der Waals surface area contributed by atoms with Gasteiger partial charge in [-0.2, -0.15) is 0 Å². The van der Waals surface area contributed by atoms with Crippen LogP contribution in [0.3, 0.4) is 0 Å². The van der Waals surface area contributed by atoms with E-state index < -0.39 is 0 Å². The molecule has 15 heavy (non-hydrogen) atoms. The van der Waals surface area contributed by atoms with Crippen LogP contribution in [0.15, 0.2) is 18.2 Å². The zero-order chi connectivity index (χ0) is 10.8. The van der Waals surface area contributed by atoms with E-state index in [1.807, 2.05) is 6.08 Å². The molecule has 0 heterocycles. The van der Waals surface area contributed by atoms with Crippen molar-refractivity contribution >= 4 is 35.1 Å². The van der Waals surface area contributed by atoms with E-state index in [0.717, 1.165) is 18.4 Å². The lowest BCUT2D eigenvalue weighted by atomic mass is 9.97. The van der Waals surface area contributed by atoms with Gasteiger partial charge in [0.25, 0.3) is 0 Å². The van der Waals surface area contributed by atoms with Crippen LogP contribution in [0.25, 0.3) is 6.08 Å². The molecule has 1 aliphatic rings. The van der Waals surface area contributed by atoms with Gasteiger partial charge in [0, 0.05) is 12.0 Å². The van der Waals surface area contributed by atoms with Crippen LogP contribution >= 0.6 is 23.2 Å². The first-order valence-corrected chi connectivity index (χ1v) is 5.63. The molecule has 0 fully saturated rings. The summed E-state index contributed by atoms with van der Waals surface area (Å²) in [4.78, 5) is 11.8. The Hall–Kier alpha value is -0.790. The Bertz CT molecular complexity index is 435. The minimum Gasteiger partial charge on any atom is -0.294 e. The Kier molecular flexibility index (Phi) is 3.13. The Morgan fingerprint density at radius 1 is 1.13 bits per heavy atom. The summed E-state index contributed by atoms with van der Waals surface area (Å²) >= 11 is 11.8. The van der Waals surface area contributed by atoms with Crippen LogP contribution in [0.4, 0.5) is 0 Å². The molecule has 78 valence electrons. The molecule has 0 radical (unpaired) electrons. The highest BCUT2D eigenvalue weighted by molar-refractivity contribution is 6.42. The van der Waals surface area contributed by atoms with Gasteiger partial charge in [0.1, 0.15) is 0 Å². The second kappa shape index (κ2) is 4.38. The number of hydrogen-bond acceptors (Lipinski definition) is 1. The van der Waals surface area contributed by atoms with Gasteiger partial charge in [-0.05, 0) is 30.5 Å². The predicted octanol–water partition coefficient (Wildman–Crippen LogP) is 4.37. The Morgan fingerprint density at radius 3 is 2.67 bits per heavy atom. The molecule has 0 unspecified atom stereocenters. The summed E-state index contributed by atoms with van der Waals surface area (Å²) in [6.07, 6.45) is 6.42. The monoisotopic (exact) mass is 240 g/mol. The van der Waals surface area contributed by atoms with Crippen molar-refractivity contribution in [3.8, 4) is 0 Å². The molecule has 1 aromatic carbocycles. The number of benzene rings is 1. The number of halogens is 2. The topological polar surface area (TPSA) is 17.1 Å². The van der Waals surface area contributed by atoms with Crippen molar-refractivity contribution in [2.24, 2.45) is 0 Å². The smallest absolute Gasteiger partial charge is 0.163 e. The molecule has 1 nitrogen and oxygen atoms in total. The van der Waals surface area contributed by atoms with Crippen LogP contribution in [-0.4, -0.2) is 5.78 Å². The number of fused-ring (bicyclic) bond motifs is 1. The van der Waals surface area contributed by atoms with Gasteiger partial charge in [0.05, 0.1) is 10.0 Å². The number of hydrogen-bond donors (Lipinski definition) is 0. The van der Waals surface area contributed by atoms with Crippen LogP contribution in [-0.2, 0) is 0 Å². The first-order chi connectivity index (χ1) is 7.18. The number of rotatable bonds is 0. The number of allylic oxidation sites excluding steroid dienone is 1. The van der Waals surface area contributed by atoms with Gasteiger partial charge in [0.2, 0.25) is 0 Å². The molecule has 0 aromatic heterocycles. The summed E-state index contributed by atoms with van der Waals surface area (Å²) in [7, 11) is 0. The molecule has 2 rings (SSSR count). The third kappa shape index (κ3) is 2.24. The number of carbonyl (C=O) groups is 1. The van der Waals surface area contributed by atoms with Gasteiger partial charge in [-0.15, -0.1) is 0 Å². The fraction of sp³-hybridized carbons (Fsp3) is 0.250. The highest BCUT2D eigenvalue weighted by Gasteiger charge is 2.13. The summed E-state index contributed by atoms with van der Waals surface area (Å²) in [5.74, 6) is 0.146. The van der Waals surface area contributed by atoms with E-state index in [0.29, 0.717) is 22.0 Å². The van der Waals surface area contributed by atoms with E-state index in [-0.39, 0.29) is 5.78 Å². The highest BCUT2D eigenvalue weighted by atomic mass is 35.5. The van der Waals surface area contributed by atoms with Gasteiger partial charge in [0.15, 0.2) is 5.78 Å². The van der Waals surface area contributed by atoms with Crippen LogP contribution in [0.1, 0.15) is 35.2 Å². The van der Waals surface area contributed by atoms with Gasteiger partial charge in [-0.1, -0.05) is 35.4 Å². The normalized spacial score (nSPS) is 17.9. The van der Waals surface area contributed by atoms with Crippen LogP contribution in [0.5, 0.6) is 0 Å². The summed E-state index contributed by atoms with van der Waals surface area (Å²) in [6, 6.07) is 3.41. The van der Waals surface area contributed by atoms with Crippen molar-refractivity contribution in [3.05, 3.63) is 39.4 Å². The van der Waals surface area contributed by atoms with Crippen molar-refractivity contribution in [1.29, 1.82) is 0 Å². The molecular weight excluding hydrogens is 231 g/mol. The van der Waals surface area contributed by atoms with E-state index in [1.54, 1.807) is 12.1 Å². The molecular formula is C12H10Cl2O. The van der Waals surface area contributed by atoms with Gasteiger partial charge in [-0.3, -0.25) is 4.79 Å². The highest BCUT2D eigenvalue weighted by Crippen LogP contribution is 2.28. The first-order valence-electron chi connectivity index (χ1n) is 4.87. The first kappa shape index (κ1) is 10.7. The zero-order valence-corrected chi connectivity index (χ0v) is 9.61. The number of Topliss-reactive ketones (excluding diaryl/α,β-unsaturated/α-hetero) is 1. The molecule has 0 bridgehead atoms. The van der Waals surface area contributed by atoms with Crippen molar-refractivity contribution in [3.63, 3.8) is 0 Å². The molecule has 1 aromatic rings. The lowest BCUT2D eigenvalue weighted by Crippen LogP contribution is -2.03. The maximum Gasteiger partial charge on any atom is 0.163 e. The quantitative estimate of drug-likeness (QED) is 0.658. The van der Waals surface area contributed by atoms with Crippen molar-refractivity contribution in [2.45, 2.75) is 19.3 Å². The third-order valence-corrected chi connectivity index (χ3v) is 3.19. The third-order valence-electron chi connectivity index (χ3n) is 2.46. The van der Waals surface area contributed by atoms with Crippen LogP contribution in [0.2, 0.25) is 10.0 Å². The molecule has 0 saturated carbocycles. The maximum absolute atomic E-state index is 11.8. The zero-order valence-electron chi connectivity index (χ0n) is 8.09. The van der Waals surface area contributed by atoms with Crippen molar-refractivity contribution in [2.75, 3.05) is 0 Å². The second-order valence-electron chi connectivity index (χ2n) is 3.57. The fourth-order valence-electron chi connectivity index (χ4n) is 1.67. The number of ketones is 1. The fourth-order valence-corrected chi connectivity index (χ4v) is 2.00. The summed E-state index contributed by atoms with van der Waals surface area (Å²) in [6.45, 7) is 0. The SMILES string of the molecule is O=C1CCC/C=C\c2cc(Cl)c(Cl)cc21. The summed E-state index contributed by atoms with van der Waals surface area (Å²) in [5, 5.41) is 0.936. The Labute approximate surface area is 98.7 Å². The minimum absolute atomic E-state index is 0.146. The Balaban J connectivity index is 2.58. The largest absolute Gasteiger partial charge is 0.294 e. The van der Waals surface area contributed by atoms with Crippen molar-refractivity contribution in [1.82, 2.24) is 0 Å². The van der Waals surface area contributed by atoms with E-state index in [4.69, 9.17) is 23.2 Å². The van der Waals surface area contributed by atoms with E-state index >= 15 is 0 Å².